The number of nitrogens with one attached hydrogen (secondary N) is 2. The van der Waals surface area contributed by atoms with E-state index in [1.165, 1.54) is 17.2 Å². The molecule has 2 aromatic carbocycles. The van der Waals surface area contributed by atoms with Crippen LogP contribution in [0.25, 0.3) is 0 Å². The number of aromatic nitrogens is 2. The van der Waals surface area contributed by atoms with Crippen molar-refractivity contribution in [3.63, 3.8) is 0 Å². The number of H-pyrrole nitrogens is 2. The van der Waals surface area contributed by atoms with Crippen LogP contribution in [0.4, 0.5) is 0 Å². The highest BCUT2D eigenvalue weighted by atomic mass is 16.2. The van der Waals surface area contributed by atoms with Crippen LogP contribution in [0.1, 0.15) is 29.5 Å². The SMILES string of the molecule is O=C(Cc1cc(=O)[nH][nH]c1=O)N1CCCC(c2ccccc2)(c2ccccc2)C1. The molecule has 0 spiro atoms. The van der Waals surface area contributed by atoms with E-state index >= 15 is 0 Å². The fraction of sp³-hybridized carbons (Fsp3) is 0.261. The van der Waals surface area contributed by atoms with E-state index in [-0.39, 0.29) is 23.3 Å². The first-order valence-corrected chi connectivity index (χ1v) is 9.78. The maximum atomic E-state index is 13.0. The van der Waals surface area contributed by atoms with Crippen LogP contribution in [0, 0.1) is 0 Å². The Hall–Kier alpha value is -3.41. The molecule has 1 amide bonds. The second-order valence-corrected chi connectivity index (χ2v) is 7.52. The third kappa shape index (κ3) is 3.78. The van der Waals surface area contributed by atoms with Crippen LogP contribution in [-0.2, 0) is 16.6 Å². The van der Waals surface area contributed by atoms with Gasteiger partial charge in [0, 0.05) is 30.1 Å². The van der Waals surface area contributed by atoms with Crippen LogP contribution in [0.2, 0.25) is 0 Å². The minimum Gasteiger partial charge on any atom is -0.341 e. The van der Waals surface area contributed by atoms with Crippen molar-refractivity contribution in [2.24, 2.45) is 0 Å². The van der Waals surface area contributed by atoms with Crippen molar-refractivity contribution in [3.8, 4) is 0 Å². The summed E-state index contributed by atoms with van der Waals surface area (Å²) in [5, 5.41) is 4.51. The largest absolute Gasteiger partial charge is 0.341 e. The number of hydrogen-bond acceptors (Lipinski definition) is 3. The first-order chi connectivity index (χ1) is 14.1. The van der Waals surface area contributed by atoms with Gasteiger partial charge in [-0.2, -0.15) is 0 Å². The summed E-state index contributed by atoms with van der Waals surface area (Å²) in [6, 6.07) is 21.7. The minimum absolute atomic E-state index is 0.0844. The van der Waals surface area contributed by atoms with Crippen molar-refractivity contribution in [2.45, 2.75) is 24.7 Å². The zero-order chi connectivity index (χ0) is 20.3. The molecule has 1 aliphatic heterocycles. The van der Waals surface area contributed by atoms with Gasteiger partial charge in [-0.05, 0) is 24.0 Å². The molecule has 6 nitrogen and oxygen atoms in total. The van der Waals surface area contributed by atoms with Gasteiger partial charge in [0.05, 0.1) is 6.42 Å². The number of likely N-dealkylation sites (tertiary alicyclic amines) is 1. The molecule has 0 atom stereocenters. The van der Waals surface area contributed by atoms with Gasteiger partial charge < -0.3 is 4.90 Å². The lowest BCUT2D eigenvalue weighted by Crippen LogP contribution is -2.49. The molecule has 4 rings (SSSR count). The second-order valence-electron chi connectivity index (χ2n) is 7.52. The Kier molecular flexibility index (Phi) is 5.16. The summed E-state index contributed by atoms with van der Waals surface area (Å²) < 4.78 is 0. The second kappa shape index (κ2) is 7.91. The predicted octanol–water partition coefficient (Wildman–Crippen LogP) is 2.21. The van der Waals surface area contributed by atoms with Gasteiger partial charge in [-0.1, -0.05) is 60.7 Å². The summed E-state index contributed by atoms with van der Waals surface area (Å²) >= 11 is 0. The molecule has 148 valence electrons. The molecule has 1 aromatic heterocycles. The van der Waals surface area contributed by atoms with Crippen LogP contribution in [0.3, 0.4) is 0 Å². The number of hydrogen-bond donors (Lipinski definition) is 2. The van der Waals surface area contributed by atoms with Crippen molar-refractivity contribution < 1.29 is 4.79 Å². The standard InChI is InChI=1S/C23H23N3O3/c27-20-14-17(22(29)25-24-20)15-21(28)26-13-7-12-23(16-26,18-8-3-1-4-9-18)19-10-5-2-6-11-19/h1-6,8-11,14H,7,12-13,15-16H2,(H,24,27)(H,25,29). The minimum atomic E-state index is -0.438. The summed E-state index contributed by atoms with van der Waals surface area (Å²) in [6.07, 6.45) is 1.72. The van der Waals surface area contributed by atoms with E-state index in [9.17, 15) is 14.4 Å². The third-order valence-electron chi connectivity index (χ3n) is 5.74. The van der Waals surface area contributed by atoms with Gasteiger partial charge in [-0.25, -0.2) is 0 Å². The van der Waals surface area contributed by atoms with Gasteiger partial charge in [0.15, 0.2) is 0 Å². The number of carbonyl (C=O) groups excluding carboxylic acids is 1. The van der Waals surface area contributed by atoms with Gasteiger partial charge >= 0.3 is 0 Å². The maximum absolute atomic E-state index is 13.0. The van der Waals surface area contributed by atoms with Crippen LogP contribution in [0.5, 0.6) is 0 Å². The Balaban J connectivity index is 1.67. The van der Waals surface area contributed by atoms with Crippen LogP contribution in [0.15, 0.2) is 76.3 Å². The molecule has 29 heavy (non-hydrogen) atoms. The lowest BCUT2D eigenvalue weighted by molar-refractivity contribution is -0.132. The van der Waals surface area contributed by atoms with Crippen LogP contribution >= 0.6 is 0 Å². The normalized spacial score (nSPS) is 15.8. The van der Waals surface area contributed by atoms with E-state index in [1.54, 1.807) is 0 Å². The maximum Gasteiger partial charge on any atom is 0.266 e. The lowest BCUT2D eigenvalue weighted by Gasteiger charge is -2.44. The molecular weight excluding hydrogens is 366 g/mol. The van der Waals surface area contributed by atoms with Gasteiger partial charge in [0.1, 0.15) is 0 Å². The highest BCUT2D eigenvalue weighted by molar-refractivity contribution is 5.79. The Morgan fingerprint density at radius 1 is 0.931 bits per heavy atom. The molecular formula is C23H23N3O3. The number of amides is 1. The van der Waals surface area contributed by atoms with Crippen LogP contribution < -0.4 is 11.1 Å². The van der Waals surface area contributed by atoms with Crippen molar-refractivity contribution in [3.05, 3.63) is 104 Å². The molecule has 0 aliphatic carbocycles. The highest BCUT2D eigenvalue weighted by Crippen LogP contribution is 2.40. The zero-order valence-corrected chi connectivity index (χ0v) is 16.1. The fourth-order valence-electron chi connectivity index (χ4n) is 4.29. The topological polar surface area (TPSA) is 86.0 Å². The van der Waals surface area contributed by atoms with E-state index in [0.29, 0.717) is 13.1 Å². The summed E-state index contributed by atoms with van der Waals surface area (Å²) in [5.74, 6) is -0.142. The van der Waals surface area contributed by atoms with Gasteiger partial charge in [0.2, 0.25) is 5.91 Å². The summed E-state index contributed by atoms with van der Waals surface area (Å²) in [6.45, 7) is 1.18. The van der Waals surface area contributed by atoms with Crippen molar-refractivity contribution in [1.82, 2.24) is 15.1 Å². The average Bonchev–Trinajstić information content (AvgIpc) is 2.77. The quantitative estimate of drug-likeness (QED) is 0.717. The van der Waals surface area contributed by atoms with E-state index in [0.717, 1.165) is 12.8 Å². The predicted molar refractivity (Wildman–Crippen MR) is 111 cm³/mol. The Morgan fingerprint density at radius 2 is 1.55 bits per heavy atom. The molecule has 0 radical (unpaired) electrons. The Labute approximate surface area is 168 Å². The smallest absolute Gasteiger partial charge is 0.266 e. The van der Waals surface area contributed by atoms with Gasteiger partial charge in [-0.15, -0.1) is 0 Å². The molecule has 6 heteroatoms. The Bertz CT molecular complexity index is 1060. The molecule has 3 aromatic rings. The first kappa shape index (κ1) is 18.9. The average molecular weight is 389 g/mol. The molecule has 0 unspecified atom stereocenters. The molecule has 1 fully saturated rings. The van der Waals surface area contributed by atoms with E-state index < -0.39 is 11.1 Å². The summed E-state index contributed by atoms with van der Waals surface area (Å²) in [5.41, 5.74) is 1.39. The molecule has 1 saturated heterocycles. The van der Waals surface area contributed by atoms with Gasteiger partial charge in [0.25, 0.3) is 11.1 Å². The van der Waals surface area contributed by atoms with Crippen LogP contribution in [-0.4, -0.2) is 34.1 Å². The molecule has 1 aliphatic rings. The molecule has 0 saturated carbocycles. The molecule has 2 heterocycles. The van der Waals surface area contributed by atoms with Crippen molar-refractivity contribution >= 4 is 5.91 Å². The zero-order valence-electron chi connectivity index (χ0n) is 16.1. The van der Waals surface area contributed by atoms with E-state index in [1.807, 2.05) is 41.3 Å². The number of carbonyl (C=O) groups is 1. The monoisotopic (exact) mass is 389 g/mol. The number of benzene rings is 2. The number of piperidine rings is 1. The summed E-state index contributed by atoms with van der Waals surface area (Å²) in [7, 11) is 0. The number of nitrogens with zero attached hydrogens (tertiary/aromatic N) is 1. The van der Waals surface area contributed by atoms with Gasteiger partial charge in [-0.3, -0.25) is 24.6 Å². The molecule has 0 bridgehead atoms. The number of aromatic amines is 2. The molecule has 2 N–H and O–H groups in total. The van der Waals surface area contributed by atoms with Crippen molar-refractivity contribution in [2.75, 3.05) is 13.1 Å². The highest BCUT2D eigenvalue weighted by Gasteiger charge is 2.40. The van der Waals surface area contributed by atoms with E-state index in [4.69, 9.17) is 0 Å². The lowest BCUT2D eigenvalue weighted by atomic mass is 9.69. The number of rotatable bonds is 4. The first-order valence-electron chi connectivity index (χ1n) is 9.78. The van der Waals surface area contributed by atoms with Crippen molar-refractivity contribution in [1.29, 1.82) is 0 Å². The Morgan fingerprint density at radius 3 is 2.17 bits per heavy atom. The fourth-order valence-corrected chi connectivity index (χ4v) is 4.29. The summed E-state index contributed by atoms with van der Waals surface area (Å²) in [4.78, 5) is 38.4. The third-order valence-corrected chi connectivity index (χ3v) is 5.74. The van der Waals surface area contributed by atoms with E-state index in [2.05, 4.69) is 34.5 Å².